The fourth-order valence-electron chi connectivity index (χ4n) is 2.28. The Morgan fingerprint density at radius 2 is 2.00 bits per heavy atom. The van der Waals surface area contributed by atoms with Crippen LogP contribution in [0.1, 0.15) is 27.7 Å². The number of carboxylic acid groups (broad SMARTS) is 1. The fourth-order valence-corrected chi connectivity index (χ4v) is 2.28. The summed E-state index contributed by atoms with van der Waals surface area (Å²) in [5, 5.41) is 12.2. The molecule has 1 heterocycles. The Balaban J connectivity index is 3.44. The average molecular weight is 330 g/mol. The number of hydrogen-bond acceptors (Lipinski definition) is 3. The predicted octanol–water partition coefficient (Wildman–Crippen LogP) is 2.74. The molecule has 0 aromatic carbocycles. The van der Waals surface area contributed by atoms with E-state index in [0.717, 1.165) is 17.1 Å². The van der Waals surface area contributed by atoms with Gasteiger partial charge in [-0.05, 0) is 38.5 Å². The zero-order valence-electron chi connectivity index (χ0n) is 13.5. The molecule has 128 valence electrons. The van der Waals surface area contributed by atoms with E-state index >= 15 is 0 Å². The summed E-state index contributed by atoms with van der Waals surface area (Å²) in [6.45, 7) is 6.98. The number of nitrogens with one attached hydrogen (secondary N) is 1. The first kappa shape index (κ1) is 19.1. The summed E-state index contributed by atoms with van der Waals surface area (Å²) in [4.78, 5) is 12.3. The van der Waals surface area contributed by atoms with Gasteiger partial charge >= 0.3 is 12.1 Å². The van der Waals surface area contributed by atoms with Crippen LogP contribution in [0.5, 0.6) is 0 Å². The molecule has 0 saturated heterocycles. The molecule has 0 radical (unpaired) electrons. The van der Waals surface area contributed by atoms with Gasteiger partial charge in [-0.3, -0.25) is 5.32 Å². The van der Waals surface area contributed by atoms with E-state index in [9.17, 15) is 23.1 Å². The van der Waals surface area contributed by atoms with Crippen molar-refractivity contribution in [2.45, 2.75) is 45.6 Å². The van der Waals surface area contributed by atoms with Crippen LogP contribution in [0.4, 0.5) is 13.2 Å². The second-order valence-electron chi connectivity index (χ2n) is 6.25. The van der Waals surface area contributed by atoms with E-state index in [1.165, 1.54) is 13.8 Å². The summed E-state index contributed by atoms with van der Waals surface area (Å²) in [5.74, 6) is 1.15. The van der Waals surface area contributed by atoms with Crippen molar-refractivity contribution in [2.75, 3.05) is 6.54 Å². The SMILES string of the molecule is C#CC(C)(C)N1C(C(F)(F)F)=CC=C(C(=O)O)C1NCC(C)C. The molecule has 0 spiro atoms. The monoisotopic (exact) mass is 330 g/mol. The highest BCUT2D eigenvalue weighted by atomic mass is 19.4. The van der Waals surface area contributed by atoms with Crippen LogP contribution in [0, 0.1) is 18.3 Å². The molecule has 1 aliphatic rings. The van der Waals surface area contributed by atoms with E-state index in [-0.39, 0.29) is 11.5 Å². The van der Waals surface area contributed by atoms with Gasteiger partial charge < -0.3 is 10.0 Å². The van der Waals surface area contributed by atoms with Crippen molar-refractivity contribution in [1.29, 1.82) is 0 Å². The second-order valence-corrected chi connectivity index (χ2v) is 6.25. The number of carboxylic acids is 1. The molecular formula is C16H21F3N2O2. The first-order valence-electron chi connectivity index (χ1n) is 7.14. The number of aliphatic carboxylic acids is 1. The minimum absolute atomic E-state index is 0.126. The van der Waals surface area contributed by atoms with Crippen molar-refractivity contribution in [2.24, 2.45) is 5.92 Å². The van der Waals surface area contributed by atoms with Gasteiger partial charge in [0.2, 0.25) is 0 Å². The van der Waals surface area contributed by atoms with E-state index < -0.39 is 29.5 Å². The molecule has 1 aliphatic heterocycles. The first-order valence-corrected chi connectivity index (χ1v) is 7.14. The van der Waals surface area contributed by atoms with Crippen LogP contribution in [-0.2, 0) is 4.79 Å². The molecule has 0 aromatic heterocycles. The Kier molecular flexibility index (Phi) is 5.54. The van der Waals surface area contributed by atoms with Gasteiger partial charge in [-0.15, -0.1) is 6.42 Å². The van der Waals surface area contributed by atoms with Crippen molar-refractivity contribution in [3.8, 4) is 12.3 Å². The highest BCUT2D eigenvalue weighted by Gasteiger charge is 2.48. The van der Waals surface area contributed by atoms with Crippen molar-refractivity contribution < 1.29 is 23.1 Å². The summed E-state index contributed by atoms with van der Waals surface area (Å²) >= 11 is 0. The molecular weight excluding hydrogens is 309 g/mol. The quantitative estimate of drug-likeness (QED) is 0.761. The lowest BCUT2D eigenvalue weighted by atomic mass is 9.95. The third-order valence-electron chi connectivity index (χ3n) is 3.45. The Morgan fingerprint density at radius 3 is 2.39 bits per heavy atom. The zero-order valence-corrected chi connectivity index (χ0v) is 13.5. The van der Waals surface area contributed by atoms with Crippen LogP contribution in [0.25, 0.3) is 0 Å². The molecule has 4 nitrogen and oxygen atoms in total. The predicted molar refractivity (Wildman–Crippen MR) is 81.2 cm³/mol. The van der Waals surface area contributed by atoms with E-state index in [0.29, 0.717) is 6.54 Å². The molecule has 0 aromatic rings. The molecule has 0 bridgehead atoms. The van der Waals surface area contributed by atoms with E-state index in [2.05, 4.69) is 11.2 Å². The summed E-state index contributed by atoms with van der Waals surface area (Å²) < 4.78 is 40.1. The summed E-state index contributed by atoms with van der Waals surface area (Å²) in [7, 11) is 0. The van der Waals surface area contributed by atoms with Gasteiger partial charge in [-0.2, -0.15) is 13.2 Å². The maximum Gasteiger partial charge on any atom is 0.431 e. The van der Waals surface area contributed by atoms with Crippen LogP contribution in [-0.4, -0.2) is 40.4 Å². The molecule has 7 heteroatoms. The number of rotatable bonds is 5. The van der Waals surface area contributed by atoms with Crippen molar-refractivity contribution >= 4 is 5.97 Å². The molecule has 1 atom stereocenters. The number of allylic oxidation sites excluding steroid dienone is 3. The largest absolute Gasteiger partial charge is 0.478 e. The molecule has 0 saturated carbocycles. The second kappa shape index (κ2) is 6.67. The van der Waals surface area contributed by atoms with Gasteiger partial charge in [-0.1, -0.05) is 19.8 Å². The highest BCUT2D eigenvalue weighted by Crippen LogP contribution is 2.38. The number of carbonyl (C=O) groups is 1. The lowest BCUT2D eigenvalue weighted by Gasteiger charge is -2.46. The van der Waals surface area contributed by atoms with E-state index in [1.807, 2.05) is 13.8 Å². The van der Waals surface area contributed by atoms with Gasteiger partial charge in [0.05, 0.1) is 11.1 Å². The van der Waals surface area contributed by atoms with Gasteiger partial charge in [0.1, 0.15) is 11.9 Å². The Morgan fingerprint density at radius 1 is 1.43 bits per heavy atom. The molecule has 1 unspecified atom stereocenters. The van der Waals surface area contributed by atoms with Gasteiger partial charge in [0, 0.05) is 0 Å². The Hall–Kier alpha value is -1.94. The third kappa shape index (κ3) is 4.29. The lowest BCUT2D eigenvalue weighted by Crippen LogP contribution is -2.59. The highest BCUT2D eigenvalue weighted by molar-refractivity contribution is 5.88. The number of nitrogens with zero attached hydrogens (tertiary/aromatic N) is 1. The lowest BCUT2D eigenvalue weighted by molar-refractivity contribution is -0.137. The number of halogens is 3. The van der Waals surface area contributed by atoms with Gasteiger partial charge in [0.15, 0.2) is 0 Å². The topological polar surface area (TPSA) is 52.6 Å². The van der Waals surface area contributed by atoms with Crippen LogP contribution < -0.4 is 5.32 Å². The van der Waals surface area contributed by atoms with Crippen LogP contribution >= 0.6 is 0 Å². The minimum atomic E-state index is -4.65. The molecule has 0 aliphatic carbocycles. The first-order chi connectivity index (χ1) is 10.4. The summed E-state index contributed by atoms with van der Waals surface area (Å²) in [6.07, 6.45) is 1.33. The van der Waals surface area contributed by atoms with Crippen LogP contribution in [0.15, 0.2) is 23.4 Å². The molecule has 0 amide bonds. The Bertz CT molecular complexity index is 569. The number of alkyl halides is 3. The average Bonchev–Trinajstić information content (AvgIpc) is 2.42. The summed E-state index contributed by atoms with van der Waals surface area (Å²) in [5.41, 5.74) is -2.47. The zero-order chi connectivity index (χ0) is 18.0. The smallest absolute Gasteiger partial charge is 0.431 e. The van der Waals surface area contributed by atoms with Crippen LogP contribution in [0.2, 0.25) is 0 Å². The van der Waals surface area contributed by atoms with Gasteiger partial charge in [0.25, 0.3) is 0 Å². The van der Waals surface area contributed by atoms with E-state index in [4.69, 9.17) is 6.42 Å². The van der Waals surface area contributed by atoms with Crippen molar-refractivity contribution in [3.05, 3.63) is 23.4 Å². The molecule has 1 rings (SSSR count). The van der Waals surface area contributed by atoms with Crippen molar-refractivity contribution in [3.63, 3.8) is 0 Å². The molecule has 2 N–H and O–H groups in total. The molecule has 23 heavy (non-hydrogen) atoms. The third-order valence-corrected chi connectivity index (χ3v) is 3.45. The number of hydrogen-bond donors (Lipinski definition) is 2. The number of terminal acetylenes is 1. The summed E-state index contributed by atoms with van der Waals surface area (Å²) in [6, 6.07) is 0. The normalized spacial score (nSPS) is 19.3. The Labute approximate surface area is 134 Å². The molecule has 0 fully saturated rings. The van der Waals surface area contributed by atoms with Crippen LogP contribution in [0.3, 0.4) is 0 Å². The van der Waals surface area contributed by atoms with Gasteiger partial charge in [-0.25, -0.2) is 4.79 Å². The van der Waals surface area contributed by atoms with Crippen molar-refractivity contribution in [1.82, 2.24) is 10.2 Å². The minimum Gasteiger partial charge on any atom is -0.478 e. The maximum atomic E-state index is 13.4. The standard InChI is InChI=1S/C16H21F3N2O2/c1-6-15(4,5)21-12(16(17,18)19)8-7-11(14(22)23)13(21)20-9-10(2)3/h1,7-8,10,13,20H,9H2,2-5H3,(H,22,23). The maximum absolute atomic E-state index is 13.4. The van der Waals surface area contributed by atoms with E-state index in [1.54, 1.807) is 0 Å². The fraction of sp³-hybridized carbons (Fsp3) is 0.562.